The lowest BCUT2D eigenvalue weighted by Gasteiger charge is -2.39. The smallest absolute Gasteiger partial charge is 0.192 e. The predicted octanol–water partition coefficient (Wildman–Crippen LogP) is 6.91. The van der Waals surface area contributed by atoms with Gasteiger partial charge in [0.1, 0.15) is 0 Å². The van der Waals surface area contributed by atoms with Crippen molar-refractivity contribution in [3.05, 3.63) is 48.1 Å². The van der Waals surface area contributed by atoms with Crippen LogP contribution in [0.5, 0.6) is 0 Å². The molecular formula is C26H44O3Si. The molecule has 2 atom stereocenters. The number of rotatable bonds is 13. The number of carbonyl (C=O) groups excluding carboxylic acids is 1. The number of aliphatic hydroxyl groups excluding tert-OH is 1. The lowest BCUT2D eigenvalue weighted by atomic mass is 9.96. The van der Waals surface area contributed by atoms with Gasteiger partial charge in [0.25, 0.3) is 0 Å². The summed E-state index contributed by atoms with van der Waals surface area (Å²) < 4.78 is 6.69. The van der Waals surface area contributed by atoms with Crippen molar-refractivity contribution in [1.82, 2.24) is 0 Å². The first-order valence-electron chi connectivity index (χ1n) is 11.6. The topological polar surface area (TPSA) is 46.5 Å². The summed E-state index contributed by atoms with van der Waals surface area (Å²) in [6.45, 7) is 13.8. The van der Waals surface area contributed by atoms with Gasteiger partial charge < -0.3 is 9.53 Å². The van der Waals surface area contributed by atoms with Crippen molar-refractivity contribution in [2.45, 2.75) is 96.9 Å². The molecule has 0 amide bonds. The maximum Gasteiger partial charge on any atom is 0.192 e. The van der Waals surface area contributed by atoms with Gasteiger partial charge in [-0.3, -0.25) is 4.79 Å². The Hall–Kier alpha value is -1.23. The molecule has 0 saturated heterocycles. The van der Waals surface area contributed by atoms with Crippen molar-refractivity contribution in [2.75, 3.05) is 6.61 Å². The Labute approximate surface area is 186 Å². The highest BCUT2D eigenvalue weighted by Crippen LogP contribution is 2.38. The fraction of sp³-hybridized carbons (Fsp3) is 0.654. The van der Waals surface area contributed by atoms with Crippen molar-refractivity contribution in [2.24, 2.45) is 5.92 Å². The monoisotopic (exact) mass is 432 g/mol. The summed E-state index contributed by atoms with van der Waals surface area (Å²) in [5, 5.41) is 9.02. The number of aliphatic hydroxyl groups is 1. The zero-order valence-electron chi connectivity index (χ0n) is 20.1. The third-order valence-electron chi connectivity index (χ3n) is 6.17. The summed E-state index contributed by atoms with van der Waals surface area (Å²) in [5.74, 6) is 0.315. The maximum atomic E-state index is 12.4. The summed E-state index contributed by atoms with van der Waals surface area (Å²) in [6.07, 6.45) is 21.1. The van der Waals surface area contributed by atoms with Gasteiger partial charge in [-0.05, 0) is 69.2 Å². The molecule has 1 rings (SSSR count). The van der Waals surface area contributed by atoms with Gasteiger partial charge in [0.05, 0.1) is 6.10 Å². The number of ketones is 1. The van der Waals surface area contributed by atoms with Gasteiger partial charge in [0, 0.05) is 18.1 Å². The minimum absolute atomic E-state index is 0.115. The molecule has 0 radical (unpaired) electrons. The molecule has 0 fully saturated rings. The highest BCUT2D eigenvalue weighted by atomic mass is 28.4. The molecule has 3 nitrogen and oxygen atoms in total. The largest absolute Gasteiger partial charge is 0.413 e. The van der Waals surface area contributed by atoms with Crippen LogP contribution in [0.25, 0.3) is 0 Å². The van der Waals surface area contributed by atoms with E-state index in [1.807, 2.05) is 6.08 Å². The molecule has 0 heterocycles. The summed E-state index contributed by atoms with van der Waals surface area (Å²) >= 11 is 0. The van der Waals surface area contributed by atoms with E-state index in [4.69, 9.17) is 9.53 Å². The molecule has 0 spiro atoms. The summed E-state index contributed by atoms with van der Waals surface area (Å²) in [4.78, 5) is 12.4. The van der Waals surface area contributed by atoms with Crippen LogP contribution in [0, 0.1) is 5.92 Å². The van der Waals surface area contributed by atoms with E-state index in [1.165, 1.54) is 0 Å². The number of allylic oxidation sites excluding steroid dienone is 6. The highest BCUT2D eigenvalue weighted by molar-refractivity contribution is 6.74. The Kier molecular flexibility index (Phi) is 11.8. The Bertz CT molecular complexity index is 635. The van der Waals surface area contributed by atoms with E-state index in [0.29, 0.717) is 0 Å². The van der Waals surface area contributed by atoms with E-state index in [0.717, 1.165) is 50.5 Å². The van der Waals surface area contributed by atoms with E-state index in [-0.39, 0.29) is 29.5 Å². The van der Waals surface area contributed by atoms with Crippen LogP contribution in [-0.2, 0) is 9.22 Å². The zero-order chi connectivity index (χ0) is 22.6. The molecule has 0 bridgehead atoms. The average Bonchev–Trinajstić information content (AvgIpc) is 3.01. The van der Waals surface area contributed by atoms with Crippen molar-refractivity contribution >= 4 is 14.1 Å². The van der Waals surface area contributed by atoms with Crippen molar-refractivity contribution in [3.63, 3.8) is 0 Å². The first-order chi connectivity index (χ1) is 14.1. The summed E-state index contributed by atoms with van der Waals surface area (Å²) in [7, 11) is -1.87. The second-order valence-electron chi connectivity index (χ2n) is 9.77. The minimum atomic E-state index is -1.87. The quantitative estimate of drug-likeness (QED) is 0.149. The molecule has 0 aromatic carbocycles. The number of carbonyl (C=O) groups is 1. The molecule has 30 heavy (non-hydrogen) atoms. The lowest BCUT2D eigenvalue weighted by Crippen LogP contribution is -2.43. The predicted molar refractivity (Wildman–Crippen MR) is 131 cm³/mol. The number of hydrogen-bond acceptors (Lipinski definition) is 3. The Balaban J connectivity index is 2.80. The second-order valence-corrected chi connectivity index (χ2v) is 14.5. The van der Waals surface area contributed by atoms with E-state index in [2.05, 4.69) is 71.2 Å². The van der Waals surface area contributed by atoms with Crippen LogP contribution in [0.3, 0.4) is 0 Å². The van der Waals surface area contributed by atoms with Crippen LogP contribution < -0.4 is 0 Å². The van der Waals surface area contributed by atoms with E-state index >= 15 is 0 Å². The first kappa shape index (κ1) is 26.8. The molecule has 0 aliphatic heterocycles. The maximum absolute atomic E-state index is 12.4. The van der Waals surface area contributed by atoms with E-state index in [1.54, 1.807) is 6.08 Å². The van der Waals surface area contributed by atoms with Gasteiger partial charge in [-0.25, -0.2) is 0 Å². The molecule has 4 heteroatoms. The Morgan fingerprint density at radius 2 is 1.87 bits per heavy atom. The van der Waals surface area contributed by atoms with Crippen molar-refractivity contribution in [1.29, 1.82) is 0 Å². The summed E-state index contributed by atoms with van der Waals surface area (Å²) in [5.41, 5.74) is 0.915. The van der Waals surface area contributed by atoms with Gasteiger partial charge in [-0.2, -0.15) is 0 Å². The van der Waals surface area contributed by atoms with Crippen LogP contribution in [-0.4, -0.2) is 31.9 Å². The normalized spacial score (nSPS) is 20.3. The molecule has 0 saturated carbocycles. The molecule has 1 N–H and O–H groups in total. The van der Waals surface area contributed by atoms with Crippen LogP contribution in [0.15, 0.2) is 48.1 Å². The zero-order valence-corrected chi connectivity index (χ0v) is 21.1. The Morgan fingerprint density at radius 1 is 1.13 bits per heavy atom. The van der Waals surface area contributed by atoms with Crippen LogP contribution in [0.4, 0.5) is 0 Å². The van der Waals surface area contributed by atoms with Gasteiger partial charge >= 0.3 is 0 Å². The Morgan fingerprint density at radius 3 is 2.50 bits per heavy atom. The van der Waals surface area contributed by atoms with Crippen molar-refractivity contribution in [3.8, 4) is 0 Å². The lowest BCUT2D eigenvalue weighted by molar-refractivity contribution is -0.111. The molecule has 0 aromatic heterocycles. The molecule has 0 aromatic rings. The second kappa shape index (κ2) is 13.2. The molecule has 1 unspecified atom stereocenters. The van der Waals surface area contributed by atoms with Crippen LogP contribution in [0.1, 0.15) is 72.6 Å². The minimum Gasteiger partial charge on any atom is -0.413 e. The molecule has 1 aliphatic rings. The first-order valence-corrected chi connectivity index (χ1v) is 14.5. The third kappa shape index (κ3) is 9.28. The van der Waals surface area contributed by atoms with Crippen LogP contribution in [0.2, 0.25) is 18.1 Å². The van der Waals surface area contributed by atoms with E-state index < -0.39 is 8.32 Å². The molecule has 1 aliphatic carbocycles. The van der Waals surface area contributed by atoms with Gasteiger partial charge in [0.2, 0.25) is 0 Å². The fourth-order valence-corrected chi connectivity index (χ4v) is 4.62. The standard InChI is InChI=1S/C26H44O3Si/c1-7-8-12-16-23(29-30(5,6)26(2,3)4)18-19-24-22(17-20-25(24)28)15-13-10-9-11-14-21-27/h8,10,12-13,17,19-20,22-23,27H,7,9,11,14-16,18,21H2,1-6H3/b12-8-,13-10-,24-19+/t22-,23?/m1/s1. The molecule has 170 valence electrons. The summed E-state index contributed by atoms with van der Waals surface area (Å²) in [6, 6.07) is 0. The SMILES string of the molecule is CC/C=C\CC(C/C=C1/C(=O)C=C[C@H]1C/C=C\CCCCO)O[Si](C)(C)C(C)(C)C. The average molecular weight is 433 g/mol. The fourth-order valence-electron chi connectivity index (χ4n) is 3.24. The molecular weight excluding hydrogens is 388 g/mol. The van der Waals surface area contributed by atoms with E-state index in [9.17, 15) is 4.79 Å². The highest BCUT2D eigenvalue weighted by Gasteiger charge is 2.38. The van der Waals surface area contributed by atoms with Gasteiger partial charge in [0.15, 0.2) is 14.1 Å². The van der Waals surface area contributed by atoms with Gasteiger partial charge in [-0.15, -0.1) is 0 Å². The number of unbranched alkanes of at least 4 members (excludes halogenated alkanes) is 2. The number of hydrogen-bond donors (Lipinski definition) is 1. The van der Waals surface area contributed by atoms with Crippen molar-refractivity contribution < 1.29 is 14.3 Å². The van der Waals surface area contributed by atoms with Crippen LogP contribution >= 0.6 is 0 Å². The third-order valence-corrected chi connectivity index (χ3v) is 10.7. The van der Waals surface area contributed by atoms with Gasteiger partial charge in [-0.1, -0.05) is 64.2 Å².